The minimum Gasteiger partial charge on any atom is -0.392 e. The molecule has 0 aromatic carbocycles. The van der Waals surface area contributed by atoms with Crippen molar-refractivity contribution in [1.82, 2.24) is 4.90 Å². The Kier molecular flexibility index (Phi) is 4.36. The average molecular weight is 422 g/mol. The van der Waals surface area contributed by atoms with Gasteiger partial charge in [0.05, 0.1) is 30.5 Å². The summed E-state index contributed by atoms with van der Waals surface area (Å²) in [4.78, 5) is 2.67. The normalized spacial score (nSPS) is 60.8. The number of aliphatic hydroxyl groups excluding tert-OH is 1. The van der Waals surface area contributed by atoms with E-state index in [2.05, 4.69) is 11.8 Å². The number of nitrogens with zero attached hydrogens (tertiary/aromatic N) is 1. The van der Waals surface area contributed by atoms with Crippen molar-refractivity contribution in [2.75, 3.05) is 41.0 Å². The fourth-order valence-electron chi connectivity index (χ4n) is 10.7. The molecule has 0 radical (unpaired) electrons. The van der Waals surface area contributed by atoms with Gasteiger partial charge in [0.2, 0.25) is 0 Å². The van der Waals surface area contributed by atoms with Gasteiger partial charge in [0.1, 0.15) is 0 Å². The van der Waals surface area contributed by atoms with Crippen molar-refractivity contribution in [2.45, 2.75) is 69.0 Å². The summed E-state index contributed by atoms with van der Waals surface area (Å²) >= 11 is 0. The van der Waals surface area contributed by atoms with Gasteiger partial charge < -0.3 is 24.4 Å². The fraction of sp³-hybridized carbons (Fsp3) is 1.00. The van der Waals surface area contributed by atoms with Crippen LogP contribution in [0.2, 0.25) is 0 Å². The maximum atomic E-state index is 12.4. The van der Waals surface area contributed by atoms with E-state index in [0.29, 0.717) is 18.4 Å². The van der Waals surface area contributed by atoms with Crippen LogP contribution in [0.4, 0.5) is 0 Å². The van der Waals surface area contributed by atoms with Crippen molar-refractivity contribution in [2.24, 2.45) is 40.4 Å². The summed E-state index contributed by atoms with van der Waals surface area (Å²) in [6, 6.07) is 0.329. The van der Waals surface area contributed by atoms with Crippen LogP contribution >= 0.6 is 0 Å². The molecule has 7 bridgehead atoms. The van der Waals surface area contributed by atoms with E-state index in [1.807, 2.05) is 14.2 Å². The highest BCUT2D eigenvalue weighted by Crippen LogP contribution is 2.79. The van der Waals surface area contributed by atoms with Gasteiger partial charge in [-0.2, -0.15) is 0 Å². The molecular weight excluding hydrogens is 382 g/mol. The summed E-state index contributed by atoms with van der Waals surface area (Å²) in [5.41, 5.74) is -0.719. The summed E-state index contributed by atoms with van der Waals surface area (Å²) < 4.78 is 18.0. The Bertz CT molecular complexity index is 720. The van der Waals surface area contributed by atoms with Crippen LogP contribution < -0.4 is 0 Å². The number of likely N-dealkylation sites (tertiary alicyclic amines) is 1. The van der Waals surface area contributed by atoms with E-state index >= 15 is 0 Å². The smallest absolute Gasteiger partial charge is 0.0771 e. The van der Waals surface area contributed by atoms with Crippen LogP contribution in [-0.2, 0) is 14.2 Å². The maximum absolute atomic E-state index is 12.4. The molecule has 0 amide bonds. The Morgan fingerprint density at radius 2 is 1.90 bits per heavy atom. The fourth-order valence-corrected chi connectivity index (χ4v) is 10.7. The summed E-state index contributed by atoms with van der Waals surface area (Å²) in [6.07, 6.45) is 4.52. The summed E-state index contributed by atoms with van der Waals surface area (Å²) in [6.45, 7) is 5.11. The molecule has 1 saturated heterocycles. The second-order valence-corrected chi connectivity index (χ2v) is 11.5. The molecule has 6 aliphatic rings. The second-order valence-electron chi connectivity index (χ2n) is 11.5. The molecule has 5 saturated carbocycles. The van der Waals surface area contributed by atoms with E-state index in [0.717, 1.165) is 45.4 Å². The Balaban J connectivity index is 1.58. The van der Waals surface area contributed by atoms with E-state index in [-0.39, 0.29) is 46.7 Å². The number of piperidine rings is 1. The molecule has 170 valence electrons. The maximum Gasteiger partial charge on any atom is 0.0771 e. The first kappa shape index (κ1) is 20.4. The van der Waals surface area contributed by atoms with Gasteiger partial charge in [-0.1, -0.05) is 6.92 Å². The van der Waals surface area contributed by atoms with Crippen LogP contribution in [0.25, 0.3) is 0 Å². The molecule has 0 aromatic heterocycles. The highest BCUT2D eigenvalue weighted by Gasteiger charge is 2.83. The molecule has 6 fully saturated rings. The van der Waals surface area contributed by atoms with E-state index in [1.54, 1.807) is 7.11 Å². The van der Waals surface area contributed by atoms with Crippen LogP contribution in [0, 0.1) is 40.4 Å². The third-order valence-corrected chi connectivity index (χ3v) is 11.2. The largest absolute Gasteiger partial charge is 0.392 e. The van der Waals surface area contributed by atoms with Gasteiger partial charge >= 0.3 is 0 Å². The number of ether oxygens (including phenoxy) is 3. The van der Waals surface area contributed by atoms with Crippen LogP contribution in [0.15, 0.2) is 0 Å². The molecular formula is C24H39NO5. The number of rotatable bonds is 5. The Morgan fingerprint density at radius 3 is 2.57 bits per heavy atom. The molecule has 1 spiro atoms. The highest BCUT2D eigenvalue weighted by atomic mass is 16.5. The third-order valence-electron chi connectivity index (χ3n) is 11.2. The molecule has 2 N–H and O–H groups in total. The SMILES string of the molecule is CCN1C[C@]2(COC)CCC(OC)C34[C@@H]5C[C@@H]6C(OC)C[C@](O)([C@@H](C[C@@H]32)[C@H]14)[C@H]5C6O. The summed E-state index contributed by atoms with van der Waals surface area (Å²) in [7, 11) is 5.48. The quantitative estimate of drug-likeness (QED) is 0.702. The lowest BCUT2D eigenvalue weighted by Gasteiger charge is -2.69. The first-order valence-corrected chi connectivity index (χ1v) is 12.1. The van der Waals surface area contributed by atoms with Crippen LogP contribution in [0.3, 0.4) is 0 Å². The van der Waals surface area contributed by atoms with Crippen molar-refractivity contribution in [3.8, 4) is 0 Å². The zero-order valence-corrected chi connectivity index (χ0v) is 18.9. The highest BCUT2D eigenvalue weighted by molar-refractivity contribution is 5.33. The average Bonchev–Trinajstić information content (AvgIpc) is 3.15. The van der Waals surface area contributed by atoms with Gasteiger partial charge in [-0.3, -0.25) is 4.90 Å². The molecule has 4 unspecified atom stereocenters. The standard InChI is InChI=1S/C24H39NO5/c1-5-25-11-22(12-28-2)7-6-18(30-4)24-14-8-13-16(29-3)10-23(27,19(14)20(13)26)15(21(24)25)9-17(22)24/h13-21,26-27H,5-12H2,1-4H3/t13-,14-,15+,16?,17-,18?,19-,20?,21+,22+,23+,24?/m1/s1. The lowest BCUT2D eigenvalue weighted by atomic mass is 9.43. The van der Waals surface area contributed by atoms with E-state index in [9.17, 15) is 10.2 Å². The van der Waals surface area contributed by atoms with E-state index in [4.69, 9.17) is 14.2 Å². The predicted octanol–water partition coefficient (Wildman–Crippen LogP) is 1.53. The molecule has 0 aromatic rings. The molecule has 6 heteroatoms. The molecule has 6 rings (SSSR count). The lowest BCUT2D eigenvalue weighted by Crippen LogP contribution is -2.76. The third kappa shape index (κ3) is 2.00. The Labute approximate surface area is 180 Å². The van der Waals surface area contributed by atoms with Crippen molar-refractivity contribution in [3.63, 3.8) is 0 Å². The second kappa shape index (κ2) is 6.42. The number of hydrogen-bond donors (Lipinski definition) is 2. The zero-order chi connectivity index (χ0) is 21.1. The number of aliphatic hydroxyl groups is 2. The molecule has 12 atom stereocenters. The number of methoxy groups -OCH3 is 3. The van der Waals surface area contributed by atoms with Gasteiger partial charge in [0.25, 0.3) is 0 Å². The minimum absolute atomic E-state index is 0.000283. The van der Waals surface area contributed by atoms with Crippen LogP contribution in [0.5, 0.6) is 0 Å². The molecule has 5 aliphatic carbocycles. The van der Waals surface area contributed by atoms with Crippen molar-refractivity contribution in [3.05, 3.63) is 0 Å². The van der Waals surface area contributed by atoms with Crippen LogP contribution in [0.1, 0.15) is 39.0 Å². The monoisotopic (exact) mass is 421 g/mol. The van der Waals surface area contributed by atoms with Gasteiger partial charge in [-0.05, 0) is 44.1 Å². The summed E-state index contributed by atoms with van der Waals surface area (Å²) in [5.74, 6) is 1.03. The number of fused-ring (bicyclic) bond motifs is 2. The van der Waals surface area contributed by atoms with E-state index in [1.165, 1.54) is 0 Å². The zero-order valence-electron chi connectivity index (χ0n) is 18.9. The summed E-state index contributed by atoms with van der Waals surface area (Å²) in [5, 5.41) is 23.8. The predicted molar refractivity (Wildman–Crippen MR) is 111 cm³/mol. The van der Waals surface area contributed by atoms with Crippen molar-refractivity contribution in [1.29, 1.82) is 0 Å². The molecule has 6 nitrogen and oxygen atoms in total. The topological polar surface area (TPSA) is 71.4 Å². The van der Waals surface area contributed by atoms with Gasteiger partial charge in [0, 0.05) is 68.9 Å². The van der Waals surface area contributed by atoms with Gasteiger partial charge in [-0.25, -0.2) is 0 Å². The minimum atomic E-state index is -0.847. The van der Waals surface area contributed by atoms with E-state index < -0.39 is 11.7 Å². The Hall–Kier alpha value is -0.240. The van der Waals surface area contributed by atoms with Crippen LogP contribution in [-0.4, -0.2) is 86.1 Å². The number of hydrogen-bond acceptors (Lipinski definition) is 6. The van der Waals surface area contributed by atoms with Crippen molar-refractivity contribution < 1.29 is 24.4 Å². The lowest BCUT2D eigenvalue weighted by molar-refractivity contribution is -0.276. The van der Waals surface area contributed by atoms with Gasteiger partial charge in [0.15, 0.2) is 0 Å². The first-order valence-electron chi connectivity index (χ1n) is 12.1. The first-order chi connectivity index (χ1) is 14.4. The Morgan fingerprint density at radius 1 is 1.10 bits per heavy atom. The van der Waals surface area contributed by atoms with Crippen molar-refractivity contribution >= 4 is 0 Å². The molecule has 1 heterocycles. The molecule has 1 aliphatic heterocycles. The van der Waals surface area contributed by atoms with Gasteiger partial charge in [-0.15, -0.1) is 0 Å². The molecule has 30 heavy (non-hydrogen) atoms.